The average Bonchev–Trinajstić information content (AvgIpc) is 2.81. The molecule has 0 aliphatic carbocycles. The van der Waals surface area contributed by atoms with Crippen molar-refractivity contribution in [3.63, 3.8) is 0 Å². The van der Waals surface area contributed by atoms with E-state index < -0.39 is 23.0 Å². The molecule has 1 N–H and O–H groups in total. The lowest BCUT2D eigenvalue weighted by atomic mass is 10.3. The van der Waals surface area contributed by atoms with Crippen molar-refractivity contribution in [2.45, 2.75) is 0 Å². The summed E-state index contributed by atoms with van der Waals surface area (Å²) in [6, 6.07) is 5.34. The highest BCUT2D eigenvalue weighted by atomic mass is 19.1. The fraction of sp³-hybridized carbons (Fsp3) is 0. The third-order valence-electron chi connectivity index (χ3n) is 2.56. The fourth-order valence-electron chi connectivity index (χ4n) is 1.66. The van der Waals surface area contributed by atoms with Crippen LogP contribution in [0.1, 0.15) is 10.5 Å². The highest BCUT2D eigenvalue weighted by Gasteiger charge is 2.16. The lowest BCUT2D eigenvalue weighted by Gasteiger charge is -2.01. The molecule has 0 unspecified atom stereocenters. The fourth-order valence-corrected chi connectivity index (χ4v) is 1.66. The Bertz CT molecular complexity index is 868. The first kappa shape index (κ1) is 12.0. The number of carboxylic acid groups (broad SMARTS) is 1. The summed E-state index contributed by atoms with van der Waals surface area (Å²) in [7, 11) is 0. The van der Waals surface area contributed by atoms with E-state index in [-0.39, 0.29) is 5.78 Å². The number of halogens is 1. The molecule has 0 aliphatic heterocycles. The number of carboxylic acids is 1. The minimum Gasteiger partial charge on any atom is -0.476 e. The molecule has 0 aliphatic rings. The van der Waals surface area contributed by atoms with Gasteiger partial charge in [-0.2, -0.15) is 24.4 Å². The van der Waals surface area contributed by atoms with Gasteiger partial charge in [-0.15, -0.1) is 0 Å². The number of aromatic nitrogens is 5. The highest BCUT2D eigenvalue weighted by Crippen LogP contribution is 2.09. The number of carbonyl (C=O) groups is 1. The molecular weight excluding hydrogens is 269 g/mol. The molecule has 9 heteroatoms. The van der Waals surface area contributed by atoms with Gasteiger partial charge in [0.1, 0.15) is 12.1 Å². The third kappa shape index (κ3) is 1.81. The van der Waals surface area contributed by atoms with E-state index >= 15 is 0 Å². The van der Waals surface area contributed by atoms with Gasteiger partial charge in [0.25, 0.3) is 5.78 Å². The Morgan fingerprint density at radius 2 is 1.95 bits per heavy atom. The smallest absolute Gasteiger partial charge is 0.362 e. The SMILES string of the molecule is O=C(O)c1nn2cnn(-c3ccc(F)cc3)c2nc1=O. The Morgan fingerprint density at radius 3 is 2.60 bits per heavy atom. The van der Waals surface area contributed by atoms with Gasteiger partial charge in [-0.1, -0.05) is 0 Å². The van der Waals surface area contributed by atoms with Crippen molar-refractivity contribution in [2.75, 3.05) is 0 Å². The van der Waals surface area contributed by atoms with Crippen LogP contribution in [0, 0.1) is 5.82 Å². The van der Waals surface area contributed by atoms with Crippen LogP contribution in [0.2, 0.25) is 0 Å². The molecule has 0 saturated carbocycles. The second-order valence-electron chi connectivity index (χ2n) is 3.83. The summed E-state index contributed by atoms with van der Waals surface area (Å²) in [4.78, 5) is 26.0. The van der Waals surface area contributed by atoms with Crippen LogP contribution in [-0.2, 0) is 0 Å². The van der Waals surface area contributed by atoms with E-state index in [4.69, 9.17) is 5.11 Å². The van der Waals surface area contributed by atoms with Crippen LogP contribution in [0.15, 0.2) is 35.4 Å². The van der Waals surface area contributed by atoms with E-state index in [0.717, 1.165) is 4.52 Å². The molecule has 3 aromatic rings. The van der Waals surface area contributed by atoms with Crippen molar-refractivity contribution in [2.24, 2.45) is 0 Å². The lowest BCUT2D eigenvalue weighted by molar-refractivity contribution is 0.0686. The van der Waals surface area contributed by atoms with Crippen molar-refractivity contribution in [3.8, 4) is 5.69 Å². The van der Waals surface area contributed by atoms with Crippen LogP contribution in [0.25, 0.3) is 11.5 Å². The minimum absolute atomic E-state index is 0.0339. The van der Waals surface area contributed by atoms with Crippen molar-refractivity contribution >= 4 is 11.7 Å². The molecule has 1 aromatic carbocycles. The van der Waals surface area contributed by atoms with Crippen molar-refractivity contribution in [1.29, 1.82) is 0 Å². The minimum atomic E-state index is -1.47. The summed E-state index contributed by atoms with van der Waals surface area (Å²) in [5.74, 6) is -1.85. The number of hydrogen-bond acceptors (Lipinski definition) is 5. The first-order valence-electron chi connectivity index (χ1n) is 5.40. The molecule has 20 heavy (non-hydrogen) atoms. The maximum Gasteiger partial charge on any atom is 0.362 e. The van der Waals surface area contributed by atoms with Crippen molar-refractivity contribution in [3.05, 3.63) is 52.5 Å². The number of rotatable bonds is 2. The molecule has 2 aromatic heterocycles. The van der Waals surface area contributed by atoms with Crippen LogP contribution in [-0.4, -0.2) is 35.5 Å². The van der Waals surface area contributed by atoms with E-state index in [0.29, 0.717) is 5.69 Å². The van der Waals surface area contributed by atoms with E-state index in [9.17, 15) is 14.0 Å². The lowest BCUT2D eigenvalue weighted by Crippen LogP contribution is -2.23. The van der Waals surface area contributed by atoms with Crippen LogP contribution >= 0.6 is 0 Å². The van der Waals surface area contributed by atoms with Crippen LogP contribution < -0.4 is 5.56 Å². The Hall–Kier alpha value is -3.10. The predicted octanol–water partition coefficient (Wildman–Crippen LogP) is 0.112. The molecule has 8 nitrogen and oxygen atoms in total. The number of aromatic carboxylic acids is 1. The standard InChI is InChI=1S/C11H6FN5O3/c12-6-1-3-7(4-2-6)17-11-14-9(18)8(10(19)20)15-16(11)5-13-17/h1-5H,(H,19,20). The quantitative estimate of drug-likeness (QED) is 0.712. The van der Waals surface area contributed by atoms with Gasteiger partial charge in [0.2, 0.25) is 5.69 Å². The molecule has 0 amide bonds. The van der Waals surface area contributed by atoms with Crippen LogP contribution in [0.5, 0.6) is 0 Å². The molecule has 100 valence electrons. The van der Waals surface area contributed by atoms with E-state index in [1.165, 1.54) is 35.3 Å². The topological polar surface area (TPSA) is 102 Å². The second kappa shape index (κ2) is 4.23. The normalized spacial score (nSPS) is 10.8. The summed E-state index contributed by atoms with van der Waals surface area (Å²) < 4.78 is 15.2. The Labute approximate surface area is 109 Å². The van der Waals surface area contributed by atoms with Gasteiger partial charge in [-0.25, -0.2) is 9.18 Å². The molecule has 0 spiro atoms. The number of benzene rings is 1. The summed E-state index contributed by atoms with van der Waals surface area (Å²) in [5.41, 5.74) is -1.20. The summed E-state index contributed by atoms with van der Waals surface area (Å²) >= 11 is 0. The second-order valence-corrected chi connectivity index (χ2v) is 3.83. The van der Waals surface area contributed by atoms with Gasteiger partial charge in [0.05, 0.1) is 5.69 Å². The monoisotopic (exact) mass is 275 g/mol. The maximum atomic E-state index is 12.9. The molecule has 3 rings (SSSR count). The zero-order valence-corrected chi connectivity index (χ0v) is 9.76. The Kier molecular flexibility index (Phi) is 2.53. The van der Waals surface area contributed by atoms with Gasteiger partial charge in [-0.3, -0.25) is 4.79 Å². The molecule has 0 fully saturated rings. The van der Waals surface area contributed by atoms with Gasteiger partial charge in [0, 0.05) is 0 Å². The number of hydrogen-bond donors (Lipinski definition) is 1. The molecule has 0 saturated heterocycles. The molecule has 0 atom stereocenters. The predicted molar refractivity (Wildman–Crippen MR) is 63.3 cm³/mol. The first-order chi connectivity index (χ1) is 9.56. The van der Waals surface area contributed by atoms with Crippen LogP contribution in [0.3, 0.4) is 0 Å². The molecule has 0 radical (unpaired) electrons. The van der Waals surface area contributed by atoms with Crippen molar-refractivity contribution < 1.29 is 14.3 Å². The van der Waals surface area contributed by atoms with E-state index in [1.807, 2.05) is 0 Å². The Morgan fingerprint density at radius 1 is 1.25 bits per heavy atom. The zero-order valence-electron chi connectivity index (χ0n) is 9.76. The Balaban J connectivity index is 2.24. The molecule has 0 bridgehead atoms. The highest BCUT2D eigenvalue weighted by molar-refractivity contribution is 5.84. The number of nitrogens with zero attached hydrogens (tertiary/aromatic N) is 5. The van der Waals surface area contributed by atoms with Gasteiger partial charge in [0.15, 0.2) is 0 Å². The van der Waals surface area contributed by atoms with Gasteiger partial charge < -0.3 is 5.11 Å². The summed E-state index contributed by atoms with van der Waals surface area (Å²) in [6.45, 7) is 0. The summed E-state index contributed by atoms with van der Waals surface area (Å²) in [6.07, 6.45) is 1.21. The third-order valence-corrected chi connectivity index (χ3v) is 2.56. The molecule has 2 heterocycles. The molecular formula is C11H6FN5O3. The maximum absolute atomic E-state index is 12.9. The van der Waals surface area contributed by atoms with Crippen LogP contribution in [0.4, 0.5) is 4.39 Å². The first-order valence-corrected chi connectivity index (χ1v) is 5.40. The summed E-state index contributed by atoms with van der Waals surface area (Å²) in [5, 5.41) is 16.4. The van der Waals surface area contributed by atoms with Gasteiger partial charge in [-0.05, 0) is 24.3 Å². The van der Waals surface area contributed by atoms with E-state index in [2.05, 4.69) is 15.2 Å². The van der Waals surface area contributed by atoms with Gasteiger partial charge >= 0.3 is 11.5 Å². The average molecular weight is 275 g/mol. The van der Waals surface area contributed by atoms with Crippen molar-refractivity contribution in [1.82, 2.24) is 24.4 Å². The zero-order chi connectivity index (χ0) is 14.3. The number of fused-ring (bicyclic) bond motifs is 1. The largest absolute Gasteiger partial charge is 0.476 e. The van der Waals surface area contributed by atoms with E-state index in [1.54, 1.807) is 0 Å².